The summed E-state index contributed by atoms with van der Waals surface area (Å²) in [5.41, 5.74) is 0.694. The first-order chi connectivity index (χ1) is 11.8. The van der Waals surface area contributed by atoms with Crippen molar-refractivity contribution in [3.8, 4) is 17.6 Å². The lowest BCUT2D eigenvalue weighted by Gasteiger charge is -2.27. The number of hydrogen-bond acceptors (Lipinski definition) is 3. The van der Waals surface area contributed by atoms with Crippen LogP contribution < -0.4 is 4.74 Å². The van der Waals surface area contributed by atoms with Gasteiger partial charge in [-0.05, 0) is 38.3 Å². The Morgan fingerprint density at radius 3 is 2.36 bits per heavy atom. The first-order valence-corrected chi connectivity index (χ1v) is 8.14. The Morgan fingerprint density at radius 1 is 1.16 bits per heavy atom. The normalized spacial score (nSPS) is 25.5. The zero-order chi connectivity index (χ0) is 18.2. The third-order valence-electron chi connectivity index (χ3n) is 4.79. The van der Waals surface area contributed by atoms with E-state index in [1.54, 1.807) is 13.0 Å². The molecule has 0 N–H and O–H groups in total. The van der Waals surface area contributed by atoms with E-state index in [4.69, 9.17) is 4.74 Å². The predicted molar refractivity (Wildman–Crippen MR) is 84.1 cm³/mol. The number of Topliss-reactive ketones (excluding diaryl/α,β-unsaturated/α-hetero) is 2. The van der Waals surface area contributed by atoms with Crippen LogP contribution in [0, 0.1) is 23.7 Å². The van der Waals surface area contributed by atoms with E-state index >= 15 is 0 Å². The van der Waals surface area contributed by atoms with Crippen LogP contribution in [-0.2, 0) is 9.59 Å². The molecule has 0 heterocycles. The number of fused-ring (bicyclic) bond motifs is 2. The fourth-order valence-corrected chi connectivity index (χ4v) is 3.70. The van der Waals surface area contributed by atoms with E-state index in [1.165, 1.54) is 12.1 Å². The Morgan fingerprint density at radius 2 is 1.80 bits per heavy atom. The van der Waals surface area contributed by atoms with E-state index in [9.17, 15) is 22.8 Å². The number of halogens is 3. The van der Waals surface area contributed by atoms with Crippen LogP contribution in [0.4, 0.5) is 13.2 Å². The number of ketones is 2. The second-order valence-electron chi connectivity index (χ2n) is 6.48. The van der Waals surface area contributed by atoms with Crippen LogP contribution in [0.2, 0.25) is 0 Å². The number of hydrogen-bond donors (Lipinski definition) is 0. The molecule has 132 valence electrons. The first kappa shape index (κ1) is 17.5. The highest BCUT2D eigenvalue weighted by molar-refractivity contribution is 6.12. The van der Waals surface area contributed by atoms with Crippen molar-refractivity contribution in [2.75, 3.05) is 6.61 Å². The van der Waals surface area contributed by atoms with Gasteiger partial charge in [-0.2, -0.15) is 13.2 Å². The summed E-state index contributed by atoms with van der Waals surface area (Å²) < 4.78 is 42.6. The molecule has 3 rings (SSSR count). The molecule has 0 amide bonds. The monoisotopic (exact) mass is 350 g/mol. The van der Waals surface area contributed by atoms with Gasteiger partial charge in [0.2, 0.25) is 0 Å². The largest absolute Gasteiger partial charge is 0.484 e. The highest BCUT2D eigenvalue weighted by atomic mass is 19.4. The van der Waals surface area contributed by atoms with Crippen molar-refractivity contribution >= 4 is 11.6 Å². The van der Waals surface area contributed by atoms with Gasteiger partial charge >= 0.3 is 6.18 Å². The molecule has 2 atom stereocenters. The van der Waals surface area contributed by atoms with E-state index < -0.39 is 18.7 Å². The summed E-state index contributed by atoms with van der Waals surface area (Å²) >= 11 is 0. The van der Waals surface area contributed by atoms with Crippen LogP contribution in [-0.4, -0.2) is 24.3 Å². The topological polar surface area (TPSA) is 43.4 Å². The van der Waals surface area contributed by atoms with Crippen LogP contribution in [0.1, 0.15) is 43.2 Å². The van der Waals surface area contributed by atoms with Gasteiger partial charge in [0, 0.05) is 23.0 Å². The number of ether oxygens (including phenoxy) is 1. The molecule has 6 heteroatoms. The molecule has 2 saturated carbocycles. The van der Waals surface area contributed by atoms with E-state index in [2.05, 4.69) is 11.8 Å². The number of rotatable bonds is 3. The van der Waals surface area contributed by atoms with Crippen molar-refractivity contribution in [1.29, 1.82) is 0 Å². The minimum absolute atomic E-state index is 0.0921. The Bertz CT molecular complexity index is 748. The Hall–Kier alpha value is -2.29. The molecular formula is C19H17F3O3. The van der Waals surface area contributed by atoms with Crippen LogP contribution in [0.5, 0.6) is 5.75 Å². The summed E-state index contributed by atoms with van der Waals surface area (Å²) in [4.78, 5) is 25.3. The molecular weight excluding hydrogens is 333 g/mol. The minimum atomic E-state index is -4.51. The SMILES string of the molecule is CC#Cc1ccc(C2C(=O)C3CCC(C3)C2=O)c(OCC(F)(F)F)c1. The molecule has 0 spiro atoms. The van der Waals surface area contributed by atoms with Gasteiger partial charge in [-0.1, -0.05) is 12.0 Å². The Labute approximate surface area is 143 Å². The standard InChI is InChI=1S/C19H17F3O3/c1-2-3-11-4-7-14(15(8-11)25-10-19(20,21)22)16-17(23)12-5-6-13(9-12)18(16)24/h4,7-8,12-13,16H,5-6,9-10H2,1H3. The quantitative estimate of drug-likeness (QED) is 0.617. The molecule has 3 nitrogen and oxygen atoms in total. The zero-order valence-electron chi connectivity index (χ0n) is 13.7. The van der Waals surface area contributed by atoms with Gasteiger partial charge in [-0.25, -0.2) is 0 Å². The fraction of sp³-hybridized carbons (Fsp3) is 0.474. The van der Waals surface area contributed by atoms with Gasteiger partial charge in [-0.3, -0.25) is 9.59 Å². The maximum atomic E-state index is 12.6. The molecule has 0 aromatic heterocycles. The van der Waals surface area contributed by atoms with Crippen LogP contribution >= 0.6 is 0 Å². The van der Waals surface area contributed by atoms with Crippen molar-refractivity contribution in [3.63, 3.8) is 0 Å². The highest BCUT2D eigenvalue weighted by Gasteiger charge is 2.48. The summed E-state index contributed by atoms with van der Waals surface area (Å²) in [6, 6.07) is 4.47. The van der Waals surface area contributed by atoms with Crippen molar-refractivity contribution in [2.24, 2.45) is 11.8 Å². The molecule has 1 aromatic carbocycles. The summed E-state index contributed by atoms with van der Waals surface area (Å²) in [6.45, 7) is 0.126. The number of carbonyl (C=O) groups is 2. The third kappa shape index (κ3) is 3.55. The summed E-state index contributed by atoms with van der Waals surface area (Å²) in [5, 5.41) is 0. The summed E-state index contributed by atoms with van der Waals surface area (Å²) in [7, 11) is 0. The maximum Gasteiger partial charge on any atom is 0.422 e. The Balaban J connectivity index is 2.00. The van der Waals surface area contributed by atoms with Crippen LogP contribution in [0.15, 0.2) is 18.2 Å². The lowest BCUT2D eigenvalue weighted by molar-refractivity contribution is -0.153. The van der Waals surface area contributed by atoms with Gasteiger partial charge in [0.05, 0.1) is 0 Å². The second-order valence-corrected chi connectivity index (χ2v) is 6.48. The van der Waals surface area contributed by atoms with Crippen molar-refractivity contribution in [1.82, 2.24) is 0 Å². The lowest BCUT2D eigenvalue weighted by atomic mass is 9.75. The van der Waals surface area contributed by atoms with Crippen molar-refractivity contribution < 1.29 is 27.5 Å². The average molecular weight is 350 g/mol. The minimum Gasteiger partial charge on any atom is -0.484 e. The van der Waals surface area contributed by atoms with E-state index in [1.807, 2.05) is 0 Å². The second kappa shape index (κ2) is 6.55. The predicted octanol–water partition coefficient (Wildman–Crippen LogP) is 3.65. The molecule has 2 bridgehead atoms. The van der Waals surface area contributed by atoms with Gasteiger partial charge in [0.25, 0.3) is 0 Å². The van der Waals surface area contributed by atoms with Crippen LogP contribution in [0.3, 0.4) is 0 Å². The molecule has 0 aliphatic heterocycles. The van der Waals surface area contributed by atoms with Gasteiger partial charge in [0.1, 0.15) is 11.7 Å². The first-order valence-electron chi connectivity index (χ1n) is 8.14. The molecule has 2 unspecified atom stereocenters. The highest BCUT2D eigenvalue weighted by Crippen LogP contribution is 2.45. The summed E-state index contributed by atoms with van der Waals surface area (Å²) in [6.07, 6.45) is -2.61. The van der Waals surface area contributed by atoms with E-state index in [0.29, 0.717) is 24.8 Å². The van der Waals surface area contributed by atoms with E-state index in [0.717, 1.165) is 0 Å². The molecule has 2 fully saturated rings. The molecule has 25 heavy (non-hydrogen) atoms. The third-order valence-corrected chi connectivity index (χ3v) is 4.79. The van der Waals surface area contributed by atoms with Gasteiger partial charge in [0.15, 0.2) is 18.2 Å². The Kier molecular flexibility index (Phi) is 4.59. The number of carbonyl (C=O) groups excluding carboxylic acids is 2. The average Bonchev–Trinajstić information content (AvgIpc) is 2.99. The fourth-order valence-electron chi connectivity index (χ4n) is 3.70. The number of alkyl halides is 3. The summed E-state index contributed by atoms with van der Waals surface area (Å²) in [5.74, 6) is 3.52. The van der Waals surface area contributed by atoms with Gasteiger partial charge < -0.3 is 4.74 Å². The number of benzene rings is 1. The van der Waals surface area contributed by atoms with Gasteiger partial charge in [-0.15, -0.1) is 5.92 Å². The van der Waals surface area contributed by atoms with Crippen LogP contribution in [0.25, 0.3) is 0 Å². The molecule has 2 aliphatic carbocycles. The van der Waals surface area contributed by atoms with E-state index in [-0.39, 0.29) is 34.7 Å². The molecule has 1 aromatic rings. The molecule has 0 radical (unpaired) electrons. The molecule has 0 saturated heterocycles. The molecule has 2 aliphatic rings. The maximum absolute atomic E-state index is 12.6. The lowest BCUT2D eigenvalue weighted by Crippen LogP contribution is -2.35. The smallest absolute Gasteiger partial charge is 0.422 e. The van der Waals surface area contributed by atoms with Crippen molar-refractivity contribution in [2.45, 2.75) is 38.3 Å². The van der Waals surface area contributed by atoms with Crippen molar-refractivity contribution in [3.05, 3.63) is 29.3 Å². The zero-order valence-corrected chi connectivity index (χ0v) is 13.7.